The molecule has 0 fully saturated rings. The number of benzene rings is 2. The van der Waals surface area contributed by atoms with Gasteiger partial charge in [0.2, 0.25) is 5.91 Å². The van der Waals surface area contributed by atoms with E-state index in [9.17, 15) is 14.4 Å². The summed E-state index contributed by atoms with van der Waals surface area (Å²) in [6.07, 6.45) is 0.892. The standard InChI is InChI=1S/C31H45N3O4/c1-10-11-18-34(29(36)26(20(2)3)33-30(37)38-31(7,8)9)27(24-17-16-21(4)23(6)19-24)28(35)32-25-15-13-12-14-22(25)5/h12-17,19-20,26-27H,10-11,18H2,1-9H3,(H,32,35)(H,33,37). The van der Waals surface area contributed by atoms with E-state index in [1.165, 1.54) is 0 Å². The number of amides is 3. The van der Waals surface area contributed by atoms with Crippen LogP contribution in [-0.4, -0.2) is 41.0 Å². The minimum absolute atomic E-state index is 0.223. The van der Waals surface area contributed by atoms with Crippen molar-refractivity contribution in [3.63, 3.8) is 0 Å². The third kappa shape index (κ3) is 8.61. The molecule has 38 heavy (non-hydrogen) atoms. The summed E-state index contributed by atoms with van der Waals surface area (Å²) < 4.78 is 5.44. The fraction of sp³-hybridized carbons (Fsp3) is 0.516. The van der Waals surface area contributed by atoms with Gasteiger partial charge in [-0.05, 0) is 82.2 Å². The summed E-state index contributed by atoms with van der Waals surface area (Å²) >= 11 is 0. The molecule has 0 spiro atoms. The Bertz CT molecular complexity index is 1120. The smallest absolute Gasteiger partial charge is 0.408 e. The van der Waals surface area contributed by atoms with Crippen LogP contribution in [0.1, 0.15) is 82.7 Å². The van der Waals surface area contributed by atoms with Gasteiger partial charge in [0.05, 0.1) is 0 Å². The van der Waals surface area contributed by atoms with Gasteiger partial charge in [-0.25, -0.2) is 4.79 Å². The number of anilines is 1. The first-order valence-electron chi connectivity index (χ1n) is 13.5. The summed E-state index contributed by atoms with van der Waals surface area (Å²) in [5, 5.41) is 5.82. The largest absolute Gasteiger partial charge is 0.444 e. The van der Waals surface area contributed by atoms with Crippen LogP contribution in [0, 0.1) is 26.7 Å². The lowest BCUT2D eigenvalue weighted by molar-refractivity contribution is -0.141. The van der Waals surface area contributed by atoms with Gasteiger partial charge < -0.3 is 20.3 Å². The molecule has 2 N–H and O–H groups in total. The van der Waals surface area contributed by atoms with Crippen LogP contribution >= 0.6 is 0 Å². The van der Waals surface area contributed by atoms with Crippen LogP contribution in [0.4, 0.5) is 10.5 Å². The minimum Gasteiger partial charge on any atom is -0.444 e. The van der Waals surface area contributed by atoms with Crippen molar-refractivity contribution < 1.29 is 19.1 Å². The summed E-state index contributed by atoms with van der Waals surface area (Å²) in [6.45, 7) is 17.4. The highest BCUT2D eigenvalue weighted by Gasteiger charge is 2.37. The van der Waals surface area contributed by atoms with Gasteiger partial charge in [-0.2, -0.15) is 0 Å². The molecule has 0 aliphatic rings. The highest BCUT2D eigenvalue weighted by Crippen LogP contribution is 2.28. The average Bonchev–Trinajstić information content (AvgIpc) is 2.82. The quantitative estimate of drug-likeness (QED) is 0.374. The van der Waals surface area contributed by atoms with Gasteiger partial charge in [-0.3, -0.25) is 9.59 Å². The number of nitrogens with zero attached hydrogens (tertiary/aromatic N) is 1. The van der Waals surface area contributed by atoms with Crippen LogP contribution in [-0.2, 0) is 14.3 Å². The Labute approximate surface area is 228 Å². The summed E-state index contributed by atoms with van der Waals surface area (Å²) in [5.41, 5.74) is 3.78. The number of nitrogens with one attached hydrogen (secondary N) is 2. The number of unbranched alkanes of at least 4 members (excludes halogenated alkanes) is 1. The van der Waals surface area contributed by atoms with Gasteiger partial charge in [-0.15, -0.1) is 0 Å². The number of hydrogen-bond acceptors (Lipinski definition) is 4. The van der Waals surface area contributed by atoms with Crippen molar-refractivity contribution in [3.05, 3.63) is 64.7 Å². The second-order valence-corrected chi connectivity index (χ2v) is 11.3. The molecule has 0 aliphatic carbocycles. The Hall–Kier alpha value is -3.35. The topological polar surface area (TPSA) is 87.7 Å². The highest BCUT2D eigenvalue weighted by atomic mass is 16.6. The monoisotopic (exact) mass is 523 g/mol. The Morgan fingerprint density at radius 3 is 2.16 bits per heavy atom. The zero-order chi connectivity index (χ0) is 28.6. The van der Waals surface area contributed by atoms with Crippen molar-refractivity contribution in [3.8, 4) is 0 Å². The number of carbonyl (C=O) groups excluding carboxylic acids is 3. The van der Waals surface area contributed by atoms with Gasteiger partial charge >= 0.3 is 6.09 Å². The Morgan fingerprint density at radius 1 is 0.947 bits per heavy atom. The zero-order valence-corrected chi connectivity index (χ0v) is 24.5. The predicted molar refractivity (Wildman–Crippen MR) is 153 cm³/mol. The van der Waals surface area contributed by atoms with Gasteiger partial charge in [0.25, 0.3) is 5.91 Å². The number of rotatable bonds is 10. The third-order valence-electron chi connectivity index (χ3n) is 6.45. The molecule has 7 heteroatoms. The molecule has 2 rings (SSSR count). The van der Waals surface area contributed by atoms with E-state index in [1.54, 1.807) is 25.7 Å². The SMILES string of the molecule is CCCCN(C(=O)C(NC(=O)OC(C)(C)C)C(C)C)C(C(=O)Nc1ccccc1C)c1ccc(C)c(C)c1. The number of ether oxygens (including phenoxy) is 1. The Balaban J connectivity index is 2.56. The lowest BCUT2D eigenvalue weighted by Crippen LogP contribution is -2.54. The second kappa shape index (κ2) is 13.4. The second-order valence-electron chi connectivity index (χ2n) is 11.3. The number of carbonyl (C=O) groups is 3. The predicted octanol–water partition coefficient (Wildman–Crippen LogP) is 6.47. The van der Waals surface area contributed by atoms with Crippen LogP contribution in [0.15, 0.2) is 42.5 Å². The van der Waals surface area contributed by atoms with Crippen LogP contribution in [0.3, 0.4) is 0 Å². The van der Waals surface area contributed by atoms with Crippen molar-refractivity contribution in [1.82, 2.24) is 10.2 Å². The first-order chi connectivity index (χ1) is 17.7. The lowest BCUT2D eigenvalue weighted by atomic mass is 9.96. The average molecular weight is 524 g/mol. The molecule has 2 aromatic rings. The Kier molecular flexibility index (Phi) is 10.9. The summed E-state index contributed by atoms with van der Waals surface area (Å²) in [5.74, 6) is -0.840. The number of aryl methyl sites for hydroxylation is 3. The van der Waals surface area contributed by atoms with Gasteiger partial charge in [0, 0.05) is 12.2 Å². The molecule has 2 atom stereocenters. The molecular weight excluding hydrogens is 478 g/mol. The first-order valence-corrected chi connectivity index (χ1v) is 13.5. The molecule has 0 aromatic heterocycles. The molecule has 0 bridgehead atoms. The van der Waals surface area contributed by atoms with E-state index in [4.69, 9.17) is 4.74 Å². The van der Waals surface area contributed by atoms with E-state index in [-0.39, 0.29) is 17.7 Å². The maximum absolute atomic E-state index is 14.2. The minimum atomic E-state index is -0.880. The molecule has 3 amide bonds. The summed E-state index contributed by atoms with van der Waals surface area (Å²) in [4.78, 5) is 42.4. The molecule has 2 aromatic carbocycles. The zero-order valence-electron chi connectivity index (χ0n) is 24.5. The number of hydrogen-bond donors (Lipinski definition) is 2. The van der Waals surface area contributed by atoms with Crippen LogP contribution < -0.4 is 10.6 Å². The van der Waals surface area contributed by atoms with Crippen molar-refractivity contribution >= 4 is 23.6 Å². The van der Waals surface area contributed by atoms with E-state index in [0.29, 0.717) is 18.7 Å². The third-order valence-corrected chi connectivity index (χ3v) is 6.45. The van der Waals surface area contributed by atoms with Crippen LogP contribution in [0.5, 0.6) is 0 Å². The normalized spacial score (nSPS) is 13.0. The first kappa shape index (κ1) is 30.9. The molecule has 2 unspecified atom stereocenters. The Morgan fingerprint density at radius 2 is 1.61 bits per heavy atom. The summed E-state index contributed by atoms with van der Waals surface area (Å²) in [6, 6.07) is 11.7. The van der Waals surface area contributed by atoms with E-state index >= 15 is 0 Å². The van der Waals surface area contributed by atoms with E-state index in [1.807, 2.05) is 84.0 Å². The molecule has 208 valence electrons. The molecule has 0 saturated carbocycles. The summed E-state index contributed by atoms with van der Waals surface area (Å²) in [7, 11) is 0. The molecule has 0 saturated heterocycles. The van der Waals surface area contributed by atoms with Crippen molar-refractivity contribution in [2.75, 3.05) is 11.9 Å². The van der Waals surface area contributed by atoms with Gasteiger partial charge in [0.1, 0.15) is 17.7 Å². The number of para-hydroxylation sites is 1. The molecule has 7 nitrogen and oxygen atoms in total. The van der Waals surface area contributed by atoms with Crippen molar-refractivity contribution in [2.45, 2.75) is 92.8 Å². The van der Waals surface area contributed by atoms with Crippen LogP contribution in [0.25, 0.3) is 0 Å². The highest BCUT2D eigenvalue weighted by molar-refractivity contribution is 5.99. The maximum Gasteiger partial charge on any atom is 0.408 e. The van der Waals surface area contributed by atoms with E-state index in [2.05, 4.69) is 10.6 Å². The van der Waals surface area contributed by atoms with E-state index in [0.717, 1.165) is 28.7 Å². The fourth-order valence-corrected chi connectivity index (χ4v) is 4.14. The van der Waals surface area contributed by atoms with Crippen molar-refractivity contribution in [2.24, 2.45) is 5.92 Å². The van der Waals surface area contributed by atoms with Gasteiger partial charge in [0.15, 0.2) is 0 Å². The molecule has 0 heterocycles. The number of alkyl carbamates (subject to hydrolysis) is 1. The van der Waals surface area contributed by atoms with Crippen LogP contribution in [0.2, 0.25) is 0 Å². The molecular formula is C31H45N3O4. The lowest BCUT2D eigenvalue weighted by Gasteiger charge is -2.36. The van der Waals surface area contributed by atoms with E-state index < -0.39 is 23.8 Å². The molecule has 0 aliphatic heterocycles. The molecule has 0 radical (unpaired) electrons. The van der Waals surface area contributed by atoms with Crippen molar-refractivity contribution in [1.29, 1.82) is 0 Å². The maximum atomic E-state index is 14.2. The van der Waals surface area contributed by atoms with Gasteiger partial charge in [-0.1, -0.05) is 63.6 Å². The fourth-order valence-electron chi connectivity index (χ4n) is 4.14.